The van der Waals surface area contributed by atoms with E-state index in [1.165, 1.54) is 61.7 Å². The Morgan fingerprint density at radius 2 is 1.57 bits per heavy atom. The van der Waals surface area contributed by atoms with Crippen LogP contribution in [-0.2, 0) is 14.3 Å². The predicted octanol–water partition coefficient (Wildman–Crippen LogP) is 4.18. The smallest absolute Gasteiger partial charge is 0.337 e. The van der Waals surface area contributed by atoms with Gasteiger partial charge in [-0.3, -0.25) is 9.59 Å². The molecular weight excluding hydrogens is 453 g/mol. The average Bonchev–Trinajstić information content (AvgIpc) is 2.87. The Kier molecular flexibility index (Phi) is 8.29. The molecule has 8 nitrogen and oxygen atoms in total. The van der Waals surface area contributed by atoms with E-state index in [1.54, 1.807) is 24.3 Å². The van der Waals surface area contributed by atoms with Gasteiger partial charge in [0.1, 0.15) is 23.2 Å². The first-order valence-electron chi connectivity index (χ1n) is 10.3. The second kappa shape index (κ2) is 11.8. The summed E-state index contributed by atoms with van der Waals surface area (Å²) in [6.07, 6.45) is 1.34. The molecule has 9 heteroatoms. The molecule has 0 unspecified atom stereocenters. The number of esters is 1. The maximum atomic E-state index is 13.0. The SMILES string of the molecule is COC(=O)c1ccc(NC(=O)C(C#N)=Cc2ccccc2OCC(=O)Nc2ccc(F)cc2)cc1. The molecular formula is C26H20FN3O5. The summed E-state index contributed by atoms with van der Waals surface area (Å²) in [6.45, 7) is -0.344. The number of methoxy groups -OCH3 is 1. The van der Waals surface area contributed by atoms with Crippen LogP contribution < -0.4 is 15.4 Å². The number of halogens is 1. The van der Waals surface area contributed by atoms with Crippen LogP contribution in [0.4, 0.5) is 15.8 Å². The van der Waals surface area contributed by atoms with Gasteiger partial charge in [-0.25, -0.2) is 9.18 Å². The van der Waals surface area contributed by atoms with Gasteiger partial charge in [-0.1, -0.05) is 18.2 Å². The van der Waals surface area contributed by atoms with Crippen molar-refractivity contribution in [1.29, 1.82) is 5.26 Å². The molecule has 3 aromatic carbocycles. The zero-order chi connectivity index (χ0) is 25.2. The Labute approximate surface area is 200 Å². The fourth-order valence-electron chi connectivity index (χ4n) is 2.91. The summed E-state index contributed by atoms with van der Waals surface area (Å²) in [6, 6.07) is 19.7. The van der Waals surface area contributed by atoms with Crippen LogP contribution in [0.3, 0.4) is 0 Å². The topological polar surface area (TPSA) is 118 Å². The fraction of sp³-hybridized carbons (Fsp3) is 0.0769. The van der Waals surface area contributed by atoms with Gasteiger partial charge in [0.25, 0.3) is 11.8 Å². The van der Waals surface area contributed by atoms with Crippen LogP contribution in [0.5, 0.6) is 5.75 Å². The molecule has 0 bridgehead atoms. The highest BCUT2D eigenvalue weighted by molar-refractivity contribution is 6.10. The maximum Gasteiger partial charge on any atom is 0.337 e. The van der Waals surface area contributed by atoms with Gasteiger partial charge in [-0.15, -0.1) is 0 Å². The van der Waals surface area contributed by atoms with Gasteiger partial charge in [0, 0.05) is 16.9 Å². The number of carbonyl (C=O) groups excluding carboxylic acids is 3. The van der Waals surface area contributed by atoms with Gasteiger partial charge in [0.05, 0.1) is 12.7 Å². The van der Waals surface area contributed by atoms with Gasteiger partial charge >= 0.3 is 5.97 Å². The van der Waals surface area contributed by atoms with Crippen molar-refractivity contribution in [3.8, 4) is 11.8 Å². The molecule has 0 aliphatic heterocycles. The summed E-state index contributed by atoms with van der Waals surface area (Å²) < 4.78 is 23.2. The fourth-order valence-corrected chi connectivity index (χ4v) is 2.91. The first-order chi connectivity index (χ1) is 16.9. The van der Waals surface area contributed by atoms with Crippen molar-refractivity contribution in [2.45, 2.75) is 0 Å². The molecule has 0 heterocycles. The van der Waals surface area contributed by atoms with Gasteiger partial charge in [-0.2, -0.15) is 5.26 Å². The van der Waals surface area contributed by atoms with Crippen molar-refractivity contribution < 1.29 is 28.2 Å². The third kappa shape index (κ3) is 7.00. The molecule has 2 N–H and O–H groups in total. The number of benzene rings is 3. The largest absolute Gasteiger partial charge is 0.483 e. The molecule has 0 aromatic heterocycles. The molecule has 0 aliphatic rings. The molecule has 0 atom stereocenters. The van der Waals surface area contributed by atoms with Crippen molar-refractivity contribution in [1.82, 2.24) is 0 Å². The van der Waals surface area contributed by atoms with E-state index < -0.39 is 23.6 Å². The van der Waals surface area contributed by atoms with Gasteiger partial charge < -0.3 is 20.1 Å². The molecule has 0 saturated carbocycles. The Morgan fingerprint density at radius 3 is 2.23 bits per heavy atom. The quantitative estimate of drug-likeness (QED) is 0.288. The number of ether oxygens (including phenoxy) is 2. The van der Waals surface area contributed by atoms with Crippen LogP contribution in [0.1, 0.15) is 15.9 Å². The summed E-state index contributed by atoms with van der Waals surface area (Å²) in [5.41, 5.74) is 1.32. The highest BCUT2D eigenvalue weighted by Crippen LogP contribution is 2.22. The zero-order valence-electron chi connectivity index (χ0n) is 18.6. The van der Waals surface area contributed by atoms with E-state index in [4.69, 9.17) is 4.74 Å². The lowest BCUT2D eigenvalue weighted by Gasteiger charge is -2.10. The zero-order valence-corrected chi connectivity index (χ0v) is 18.6. The normalized spacial score (nSPS) is 10.6. The molecule has 0 fully saturated rings. The molecule has 0 radical (unpaired) electrons. The summed E-state index contributed by atoms with van der Waals surface area (Å²) in [4.78, 5) is 36.3. The number of carbonyl (C=O) groups is 3. The van der Waals surface area contributed by atoms with Crippen molar-refractivity contribution in [3.05, 3.63) is 95.3 Å². The molecule has 3 aromatic rings. The average molecular weight is 473 g/mol. The van der Waals surface area contributed by atoms with Crippen molar-refractivity contribution in [2.75, 3.05) is 24.4 Å². The van der Waals surface area contributed by atoms with E-state index in [2.05, 4.69) is 15.4 Å². The molecule has 3 rings (SSSR count). The Balaban J connectivity index is 1.67. The summed E-state index contributed by atoms with van der Waals surface area (Å²) in [5, 5.41) is 14.7. The molecule has 0 aliphatic carbocycles. The lowest BCUT2D eigenvalue weighted by atomic mass is 10.1. The molecule has 0 saturated heterocycles. The van der Waals surface area contributed by atoms with Crippen molar-refractivity contribution >= 4 is 35.2 Å². The Hall–Kier alpha value is -4.97. The third-order valence-corrected chi connectivity index (χ3v) is 4.63. The van der Waals surface area contributed by atoms with Gasteiger partial charge in [-0.05, 0) is 60.7 Å². The lowest BCUT2D eigenvalue weighted by Crippen LogP contribution is -2.20. The highest BCUT2D eigenvalue weighted by Gasteiger charge is 2.13. The summed E-state index contributed by atoms with van der Waals surface area (Å²) in [7, 11) is 1.27. The van der Waals surface area contributed by atoms with E-state index >= 15 is 0 Å². The maximum absolute atomic E-state index is 13.0. The van der Waals surface area contributed by atoms with E-state index in [-0.39, 0.29) is 17.9 Å². The minimum atomic E-state index is -0.665. The summed E-state index contributed by atoms with van der Waals surface area (Å²) >= 11 is 0. The van der Waals surface area contributed by atoms with E-state index in [0.717, 1.165) is 0 Å². The van der Waals surface area contributed by atoms with Crippen LogP contribution >= 0.6 is 0 Å². The predicted molar refractivity (Wildman–Crippen MR) is 127 cm³/mol. The molecule has 176 valence electrons. The van der Waals surface area contributed by atoms with Crippen LogP contribution in [0.15, 0.2) is 78.4 Å². The highest BCUT2D eigenvalue weighted by atomic mass is 19.1. The van der Waals surface area contributed by atoms with E-state index in [9.17, 15) is 24.0 Å². The van der Waals surface area contributed by atoms with Gasteiger partial charge in [0.2, 0.25) is 0 Å². The minimum absolute atomic E-state index is 0.200. The molecule has 0 spiro atoms. The second-order valence-corrected chi connectivity index (χ2v) is 7.07. The van der Waals surface area contributed by atoms with Crippen LogP contribution in [0, 0.1) is 17.1 Å². The Bertz CT molecular complexity index is 1300. The minimum Gasteiger partial charge on any atom is -0.483 e. The number of nitriles is 1. The second-order valence-electron chi connectivity index (χ2n) is 7.07. The number of nitrogens with one attached hydrogen (secondary N) is 2. The van der Waals surface area contributed by atoms with E-state index in [1.807, 2.05) is 6.07 Å². The molecule has 35 heavy (non-hydrogen) atoms. The molecule has 2 amide bonds. The van der Waals surface area contributed by atoms with Crippen LogP contribution in [0.25, 0.3) is 6.08 Å². The standard InChI is InChI=1S/C26H20FN3O5/c1-34-26(33)17-6-10-22(11-7-17)30-25(32)19(15-28)14-18-4-2-3-5-23(18)35-16-24(31)29-21-12-8-20(27)9-13-21/h2-14H,16H2,1H3,(H,29,31)(H,30,32). The number of anilines is 2. The van der Waals surface area contributed by atoms with Crippen LogP contribution in [-0.4, -0.2) is 31.5 Å². The van der Waals surface area contributed by atoms with Crippen molar-refractivity contribution in [3.63, 3.8) is 0 Å². The van der Waals surface area contributed by atoms with Gasteiger partial charge in [0.15, 0.2) is 6.61 Å². The number of nitrogens with zero attached hydrogens (tertiary/aromatic N) is 1. The van der Waals surface area contributed by atoms with E-state index in [0.29, 0.717) is 22.5 Å². The number of hydrogen-bond donors (Lipinski definition) is 2. The number of rotatable bonds is 8. The number of amides is 2. The first kappa shape index (κ1) is 24.7. The third-order valence-electron chi connectivity index (χ3n) is 4.63. The number of hydrogen-bond acceptors (Lipinski definition) is 6. The number of para-hydroxylation sites is 1. The monoisotopic (exact) mass is 473 g/mol. The first-order valence-corrected chi connectivity index (χ1v) is 10.3. The Morgan fingerprint density at radius 1 is 0.943 bits per heavy atom. The summed E-state index contributed by atoms with van der Waals surface area (Å²) in [5.74, 6) is -1.78. The van der Waals surface area contributed by atoms with Crippen molar-refractivity contribution in [2.24, 2.45) is 0 Å². The van der Waals surface area contributed by atoms with Crippen LogP contribution in [0.2, 0.25) is 0 Å². The lowest BCUT2D eigenvalue weighted by molar-refractivity contribution is -0.118.